The van der Waals surface area contributed by atoms with Gasteiger partial charge in [0.2, 0.25) is 0 Å². The number of benzene rings is 1. The van der Waals surface area contributed by atoms with Gasteiger partial charge in [0, 0.05) is 42.8 Å². The summed E-state index contributed by atoms with van der Waals surface area (Å²) < 4.78 is 5.43. The molecule has 0 bridgehead atoms. The Labute approximate surface area is 158 Å². The molecule has 26 heavy (non-hydrogen) atoms. The van der Waals surface area contributed by atoms with E-state index < -0.39 is 0 Å². The van der Waals surface area contributed by atoms with Gasteiger partial charge in [-0.2, -0.15) is 0 Å². The van der Waals surface area contributed by atoms with E-state index in [0.29, 0.717) is 29.2 Å². The number of aromatic amines is 1. The molecule has 0 spiro atoms. The van der Waals surface area contributed by atoms with Crippen LogP contribution in [0.4, 0.5) is 5.69 Å². The normalized spacial score (nSPS) is 21.5. The third-order valence-corrected chi connectivity index (χ3v) is 5.63. The van der Waals surface area contributed by atoms with Crippen molar-refractivity contribution >= 4 is 34.1 Å². The monoisotopic (exact) mass is 376 g/mol. The molecule has 3 heterocycles. The number of hydrogen-bond acceptors (Lipinski definition) is 4. The molecule has 4 rings (SSSR count). The maximum absolute atomic E-state index is 12.8. The topological polar surface area (TPSA) is 83.4 Å². The van der Waals surface area contributed by atoms with Gasteiger partial charge in [-0.1, -0.05) is 11.6 Å². The minimum absolute atomic E-state index is 0.0327. The first kappa shape index (κ1) is 17.6. The average Bonchev–Trinajstić information content (AvgIpc) is 3.29. The summed E-state index contributed by atoms with van der Waals surface area (Å²) in [5.41, 5.74) is 8.22. The third-order valence-electron chi connectivity index (χ3n) is 5.41. The maximum atomic E-state index is 12.8. The number of hydrogen-bond donors (Lipinski definition) is 3. The Morgan fingerprint density at radius 2 is 2.12 bits per heavy atom. The molecule has 0 aliphatic carbocycles. The number of anilines is 1. The second kappa shape index (κ2) is 7.47. The van der Waals surface area contributed by atoms with E-state index in [9.17, 15) is 4.79 Å². The fourth-order valence-electron chi connectivity index (χ4n) is 3.88. The first-order valence-electron chi connectivity index (χ1n) is 9.30. The van der Waals surface area contributed by atoms with Gasteiger partial charge in [0.15, 0.2) is 0 Å². The molecule has 2 saturated heterocycles. The Balaban J connectivity index is 1.59. The van der Waals surface area contributed by atoms with Crippen molar-refractivity contribution in [3.8, 4) is 0 Å². The molecule has 2 aromatic rings. The second-order valence-electron chi connectivity index (χ2n) is 7.27. The molecule has 1 atom stereocenters. The van der Waals surface area contributed by atoms with Gasteiger partial charge in [-0.05, 0) is 49.9 Å². The summed E-state index contributed by atoms with van der Waals surface area (Å²) in [5.74, 6) is 0.439. The molecule has 2 fully saturated rings. The Bertz CT molecular complexity index is 800. The van der Waals surface area contributed by atoms with Gasteiger partial charge in [0.05, 0.1) is 11.2 Å². The van der Waals surface area contributed by atoms with E-state index in [2.05, 4.69) is 10.3 Å². The summed E-state index contributed by atoms with van der Waals surface area (Å²) >= 11 is 6.31. The molecular formula is C19H25ClN4O2. The molecule has 7 heteroatoms. The SMILES string of the molecule is NCC1CCN(C(=O)c2cc3cc(Cl)cc(NC4CCOCC4)c3[nH]2)C1. The number of nitrogens with two attached hydrogens (primary N) is 1. The molecule has 1 amide bonds. The summed E-state index contributed by atoms with van der Waals surface area (Å²) in [6, 6.07) is 6.07. The van der Waals surface area contributed by atoms with Crippen molar-refractivity contribution in [1.82, 2.24) is 9.88 Å². The van der Waals surface area contributed by atoms with Gasteiger partial charge >= 0.3 is 0 Å². The highest BCUT2D eigenvalue weighted by Crippen LogP contribution is 2.30. The van der Waals surface area contributed by atoms with Crippen LogP contribution in [-0.2, 0) is 4.74 Å². The largest absolute Gasteiger partial charge is 0.381 e. The number of rotatable bonds is 4. The van der Waals surface area contributed by atoms with Gasteiger partial charge in [0.1, 0.15) is 5.69 Å². The molecule has 2 aliphatic heterocycles. The van der Waals surface area contributed by atoms with E-state index in [4.69, 9.17) is 22.1 Å². The Kier molecular flexibility index (Phi) is 5.07. The number of aromatic nitrogens is 1. The minimum Gasteiger partial charge on any atom is -0.381 e. The molecule has 1 aromatic heterocycles. The Morgan fingerprint density at radius 3 is 2.85 bits per heavy atom. The molecule has 6 nitrogen and oxygen atoms in total. The van der Waals surface area contributed by atoms with E-state index in [1.165, 1.54) is 0 Å². The smallest absolute Gasteiger partial charge is 0.270 e. The lowest BCUT2D eigenvalue weighted by Gasteiger charge is -2.24. The quantitative estimate of drug-likeness (QED) is 0.766. The number of amides is 1. The van der Waals surface area contributed by atoms with E-state index >= 15 is 0 Å². The lowest BCUT2D eigenvalue weighted by atomic mass is 10.1. The number of carbonyl (C=O) groups is 1. The van der Waals surface area contributed by atoms with Crippen LogP contribution >= 0.6 is 11.6 Å². The molecule has 0 radical (unpaired) electrons. The van der Waals surface area contributed by atoms with Gasteiger partial charge in [-0.3, -0.25) is 4.79 Å². The van der Waals surface area contributed by atoms with Crippen molar-refractivity contribution in [1.29, 1.82) is 0 Å². The highest BCUT2D eigenvalue weighted by Gasteiger charge is 2.27. The zero-order valence-corrected chi connectivity index (χ0v) is 15.5. The zero-order valence-electron chi connectivity index (χ0n) is 14.8. The van der Waals surface area contributed by atoms with Crippen LogP contribution < -0.4 is 11.1 Å². The van der Waals surface area contributed by atoms with Crippen molar-refractivity contribution < 1.29 is 9.53 Å². The number of ether oxygens (including phenoxy) is 1. The number of nitrogens with one attached hydrogen (secondary N) is 2. The van der Waals surface area contributed by atoms with Crippen molar-refractivity contribution in [3.63, 3.8) is 0 Å². The lowest BCUT2D eigenvalue weighted by Crippen LogP contribution is -2.30. The predicted molar refractivity (Wildman–Crippen MR) is 104 cm³/mol. The number of nitrogens with zero attached hydrogens (tertiary/aromatic N) is 1. The van der Waals surface area contributed by atoms with Gasteiger partial charge in [-0.25, -0.2) is 0 Å². The van der Waals surface area contributed by atoms with E-state index in [1.54, 1.807) is 0 Å². The fraction of sp³-hybridized carbons (Fsp3) is 0.526. The minimum atomic E-state index is 0.0327. The molecule has 0 saturated carbocycles. The Morgan fingerprint density at radius 1 is 1.31 bits per heavy atom. The summed E-state index contributed by atoms with van der Waals surface area (Å²) in [5, 5.41) is 5.18. The van der Waals surface area contributed by atoms with Gasteiger partial charge in [0.25, 0.3) is 5.91 Å². The molecule has 1 aromatic carbocycles. The summed E-state index contributed by atoms with van der Waals surface area (Å²) in [7, 11) is 0. The highest BCUT2D eigenvalue weighted by molar-refractivity contribution is 6.32. The number of halogens is 1. The van der Waals surface area contributed by atoms with Crippen molar-refractivity contribution in [3.05, 3.63) is 28.9 Å². The predicted octanol–water partition coefficient (Wildman–Crippen LogP) is 2.83. The van der Waals surface area contributed by atoms with Crippen molar-refractivity contribution in [2.75, 3.05) is 38.2 Å². The maximum Gasteiger partial charge on any atom is 0.270 e. The van der Waals surface area contributed by atoms with Crippen LogP contribution in [0.2, 0.25) is 5.02 Å². The fourth-order valence-corrected chi connectivity index (χ4v) is 4.10. The van der Waals surface area contributed by atoms with Crippen LogP contribution in [0.25, 0.3) is 10.9 Å². The van der Waals surface area contributed by atoms with Crippen LogP contribution in [0, 0.1) is 5.92 Å². The molecule has 1 unspecified atom stereocenters. The second-order valence-corrected chi connectivity index (χ2v) is 7.71. The molecule has 2 aliphatic rings. The van der Waals surface area contributed by atoms with Crippen molar-refractivity contribution in [2.24, 2.45) is 11.7 Å². The van der Waals surface area contributed by atoms with Crippen molar-refractivity contribution in [2.45, 2.75) is 25.3 Å². The van der Waals surface area contributed by atoms with Crippen LogP contribution in [0.3, 0.4) is 0 Å². The van der Waals surface area contributed by atoms with Crippen LogP contribution in [0.5, 0.6) is 0 Å². The number of carbonyl (C=O) groups excluding carboxylic acids is 1. The summed E-state index contributed by atoms with van der Waals surface area (Å²) in [4.78, 5) is 18.0. The van der Waals surface area contributed by atoms with E-state index in [-0.39, 0.29) is 5.91 Å². The molecular weight excluding hydrogens is 352 g/mol. The first-order valence-corrected chi connectivity index (χ1v) is 9.67. The summed E-state index contributed by atoms with van der Waals surface area (Å²) in [6.07, 6.45) is 2.91. The Hall–Kier alpha value is -1.76. The first-order chi connectivity index (χ1) is 12.6. The zero-order chi connectivity index (χ0) is 18.1. The standard InChI is InChI=1S/C19H25ClN4O2/c20-14-7-13-8-17(19(25)24-4-1-12(10-21)11-24)23-18(13)16(9-14)22-15-2-5-26-6-3-15/h7-9,12,15,22-23H,1-6,10-11,21H2. The molecule has 4 N–H and O–H groups in total. The van der Waals surface area contributed by atoms with E-state index in [1.807, 2.05) is 23.1 Å². The third kappa shape index (κ3) is 3.54. The number of H-pyrrole nitrogens is 1. The summed E-state index contributed by atoms with van der Waals surface area (Å²) in [6.45, 7) is 3.67. The van der Waals surface area contributed by atoms with Gasteiger partial charge < -0.3 is 25.7 Å². The molecule has 140 valence electrons. The lowest BCUT2D eigenvalue weighted by molar-refractivity contribution is 0.0783. The van der Waals surface area contributed by atoms with Crippen LogP contribution in [0.15, 0.2) is 18.2 Å². The highest BCUT2D eigenvalue weighted by atomic mass is 35.5. The number of fused-ring (bicyclic) bond motifs is 1. The number of likely N-dealkylation sites (tertiary alicyclic amines) is 1. The van der Waals surface area contributed by atoms with E-state index in [0.717, 1.165) is 62.2 Å². The van der Waals surface area contributed by atoms with Crippen LogP contribution in [0.1, 0.15) is 29.8 Å². The van der Waals surface area contributed by atoms with Crippen LogP contribution in [-0.4, -0.2) is 54.7 Å². The average molecular weight is 377 g/mol. The van der Waals surface area contributed by atoms with Gasteiger partial charge in [-0.15, -0.1) is 0 Å².